The van der Waals surface area contributed by atoms with Gasteiger partial charge in [-0.05, 0) is 42.3 Å². The number of hydrogen-bond acceptors (Lipinski definition) is 5. The van der Waals surface area contributed by atoms with E-state index < -0.39 is 0 Å². The Bertz CT molecular complexity index is 977. The Kier molecular flexibility index (Phi) is 6.63. The minimum atomic E-state index is -0.303. The number of ether oxygens (including phenoxy) is 2. The summed E-state index contributed by atoms with van der Waals surface area (Å²) in [5.74, 6) is 0.578. The number of rotatable bonds is 8. The number of pyridine rings is 1. The van der Waals surface area contributed by atoms with E-state index in [-0.39, 0.29) is 11.7 Å². The summed E-state index contributed by atoms with van der Waals surface area (Å²) in [5.41, 5.74) is 2.69. The first-order valence-corrected chi connectivity index (χ1v) is 9.06. The van der Waals surface area contributed by atoms with Crippen molar-refractivity contribution in [1.82, 2.24) is 4.98 Å². The van der Waals surface area contributed by atoms with Crippen LogP contribution in [0.1, 0.15) is 15.9 Å². The molecular weight excluding hydrogens is 373 g/mol. The van der Waals surface area contributed by atoms with Gasteiger partial charge in [-0.15, -0.1) is 0 Å². The zero-order valence-corrected chi connectivity index (χ0v) is 16.2. The van der Waals surface area contributed by atoms with Crippen LogP contribution in [0, 0.1) is 5.82 Å². The second-order valence-corrected chi connectivity index (χ2v) is 6.29. The van der Waals surface area contributed by atoms with Crippen molar-refractivity contribution in [1.29, 1.82) is 0 Å². The normalized spacial score (nSPS) is 10.3. The van der Waals surface area contributed by atoms with E-state index in [1.54, 1.807) is 49.7 Å². The van der Waals surface area contributed by atoms with Gasteiger partial charge in [0, 0.05) is 25.0 Å². The summed E-state index contributed by atoms with van der Waals surface area (Å²) in [6.07, 6.45) is 3.87. The average Bonchev–Trinajstić information content (AvgIpc) is 2.75. The molecule has 0 aliphatic carbocycles. The standard InChI is InChI=1S/C22H22FN3O3/c1-28-19-7-8-20(21(12-19)29-2)26-22(27)16-11-18(14-24-13-16)25-10-9-15-3-5-17(23)6-4-15/h3-8,11-14,25H,9-10H2,1-2H3,(H,26,27). The van der Waals surface area contributed by atoms with Crippen molar-refractivity contribution in [3.05, 3.63) is 77.9 Å². The zero-order chi connectivity index (χ0) is 20.6. The first-order valence-electron chi connectivity index (χ1n) is 9.06. The summed E-state index contributed by atoms with van der Waals surface area (Å²) >= 11 is 0. The van der Waals surface area contributed by atoms with Crippen LogP contribution >= 0.6 is 0 Å². The molecule has 0 bridgehead atoms. The highest BCUT2D eigenvalue weighted by atomic mass is 19.1. The molecule has 150 valence electrons. The molecular formula is C22H22FN3O3. The lowest BCUT2D eigenvalue weighted by Crippen LogP contribution is -2.14. The van der Waals surface area contributed by atoms with Crippen LogP contribution in [0.2, 0.25) is 0 Å². The van der Waals surface area contributed by atoms with Gasteiger partial charge < -0.3 is 20.1 Å². The number of amides is 1. The van der Waals surface area contributed by atoms with Crippen LogP contribution in [0.25, 0.3) is 0 Å². The molecule has 0 spiro atoms. The van der Waals surface area contributed by atoms with E-state index in [1.807, 2.05) is 0 Å². The van der Waals surface area contributed by atoms with Crippen molar-refractivity contribution in [2.24, 2.45) is 0 Å². The summed E-state index contributed by atoms with van der Waals surface area (Å²) in [6.45, 7) is 0.630. The monoisotopic (exact) mass is 395 g/mol. The van der Waals surface area contributed by atoms with Gasteiger partial charge in [0.1, 0.15) is 17.3 Å². The van der Waals surface area contributed by atoms with Crippen LogP contribution in [-0.2, 0) is 6.42 Å². The molecule has 3 rings (SSSR count). The molecule has 2 aromatic carbocycles. The number of nitrogens with one attached hydrogen (secondary N) is 2. The molecule has 1 heterocycles. The number of nitrogens with zero attached hydrogens (tertiary/aromatic N) is 1. The molecule has 7 heteroatoms. The van der Waals surface area contributed by atoms with Gasteiger partial charge in [0.15, 0.2) is 0 Å². The number of benzene rings is 2. The first kappa shape index (κ1) is 20.1. The molecule has 1 amide bonds. The van der Waals surface area contributed by atoms with Crippen LogP contribution < -0.4 is 20.1 Å². The lowest BCUT2D eigenvalue weighted by Gasteiger charge is -2.12. The van der Waals surface area contributed by atoms with Gasteiger partial charge in [0.25, 0.3) is 5.91 Å². The van der Waals surface area contributed by atoms with Crippen molar-refractivity contribution in [2.75, 3.05) is 31.4 Å². The van der Waals surface area contributed by atoms with E-state index in [1.165, 1.54) is 25.4 Å². The highest BCUT2D eigenvalue weighted by Gasteiger charge is 2.12. The van der Waals surface area contributed by atoms with Gasteiger partial charge in [0.05, 0.1) is 31.2 Å². The summed E-state index contributed by atoms with van der Waals surface area (Å²) in [5, 5.41) is 6.05. The molecule has 0 aliphatic heterocycles. The Labute approximate surface area is 168 Å². The number of hydrogen-bond donors (Lipinski definition) is 2. The molecule has 0 atom stereocenters. The molecule has 0 saturated carbocycles. The molecule has 0 radical (unpaired) electrons. The smallest absolute Gasteiger partial charge is 0.257 e. The minimum Gasteiger partial charge on any atom is -0.497 e. The van der Waals surface area contributed by atoms with Crippen LogP contribution in [-0.4, -0.2) is 31.7 Å². The van der Waals surface area contributed by atoms with Crippen molar-refractivity contribution in [2.45, 2.75) is 6.42 Å². The number of carbonyl (C=O) groups excluding carboxylic acids is 1. The zero-order valence-electron chi connectivity index (χ0n) is 16.2. The number of methoxy groups -OCH3 is 2. The Balaban J connectivity index is 1.62. The van der Waals surface area contributed by atoms with Gasteiger partial charge in [-0.3, -0.25) is 9.78 Å². The van der Waals surface area contributed by atoms with E-state index in [9.17, 15) is 9.18 Å². The lowest BCUT2D eigenvalue weighted by atomic mass is 10.1. The number of anilines is 2. The maximum absolute atomic E-state index is 13.0. The molecule has 6 nitrogen and oxygen atoms in total. The third-order valence-corrected chi connectivity index (χ3v) is 4.31. The van der Waals surface area contributed by atoms with Crippen molar-refractivity contribution >= 4 is 17.3 Å². The van der Waals surface area contributed by atoms with Gasteiger partial charge >= 0.3 is 0 Å². The third kappa shape index (κ3) is 5.44. The molecule has 2 N–H and O–H groups in total. The molecule has 3 aromatic rings. The Morgan fingerprint density at radius 3 is 2.55 bits per heavy atom. The Hall–Kier alpha value is -3.61. The molecule has 0 fully saturated rings. The largest absolute Gasteiger partial charge is 0.497 e. The second-order valence-electron chi connectivity index (χ2n) is 6.29. The summed E-state index contributed by atoms with van der Waals surface area (Å²) in [6, 6.07) is 13.3. The van der Waals surface area contributed by atoms with Gasteiger partial charge in [-0.25, -0.2) is 4.39 Å². The van der Waals surface area contributed by atoms with Crippen LogP contribution in [0.4, 0.5) is 15.8 Å². The van der Waals surface area contributed by atoms with E-state index >= 15 is 0 Å². The van der Waals surface area contributed by atoms with Gasteiger partial charge in [-0.1, -0.05) is 12.1 Å². The highest BCUT2D eigenvalue weighted by Crippen LogP contribution is 2.29. The van der Waals surface area contributed by atoms with Gasteiger partial charge in [0.2, 0.25) is 0 Å². The molecule has 0 unspecified atom stereocenters. The summed E-state index contributed by atoms with van der Waals surface area (Å²) in [7, 11) is 3.09. The van der Waals surface area contributed by atoms with Crippen LogP contribution in [0.3, 0.4) is 0 Å². The van der Waals surface area contributed by atoms with Crippen molar-refractivity contribution < 1.29 is 18.7 Å². The van der Waals surface area contributed by atoms with Crippen LogP contribution in [0.15, 0.2) is 60.9 Å². The quantitative estimate of drug-likeness (QED) is 0.600. The maximum atomic E-state index is 13.0. The topological polar surface area (TPSA) is 72.5 Å². The van der Waals surface area contributed by atoms with Gasteiger partial charge in [-0.2, -0.15) is 0 Å². The highest BCUT2D eigenvalue weighted by molar-refractivity contribution is 6.05. The number of halogens is 1. The van der Waals surface area contributed by atoms with E-state index in [2.05, 4.69) is 15.6 Å². The lowest BCUT2D eigenvalue weighted by molar-refractivity contribution is 0.102. The Morgan fingerprint density at radius 2 is 1.83 bits per heavy atom. The van der Waals surface area contributed by atoms with Crippen molar-refractivity contribution in [3.63, 3.8) is 0 Å². The van der Waals surface area contributed by atoms with E-state index in [0.29, 0.717) is 29.3 Å². The fourth-order valence-electron chi connectivity index (χ4n) is 2.76. The predicted octanol–water partition coefficient (Wildman–Crippen LogP) is 4.14. The fraction of sp³-hybridized carbons (Fsp3) is 0.182. The minimum absolute atomic E-state index is 0.252. The SMILES string of the molecule is COc1ccc(NC(=O)c2cncc(NCCc3ccc(F)cc3)c2)c(OC)c1. The predicted molar refractivity (Wildman–Crippen MR) is 110 cm³/mol. The van der Waals surface area contributed by atoms with Crippen LogP contribution in [0.5, 0.6) is 11.5 Å². The Morgan fingerprint density at radius 1 is 1.03 bits per heavy atom. The third-order valence-electron chi connectivity index (χ3n) is 4.31. The molecule has 0 aliphatic rings. The number of carbonyl (C=O) groups is 1. The molecule has 29 heavy (non-hydrogen) atoms. The first-order chi connectivity index (χ1) is 14.1. The number of aromatic nitrogens is 1. The molecule has 1 aromatic heterocycles. The van der Waals surface area contributed by atoms with Crippen molar-refractivity contribution in [3.8, 4) is 11.5 Å². The fourth-order valence-corrected chi connectivity index (χ4v) is 2.76. The maximum Gasteiger partial charge on any atom is 0.257 e. The second kappa shape index (κ2) is 9.54. The summed E-state index contributed by atoms with van der Waals surface area (Å²) in [4.78, 5) is 16.7. The summed E-state index contributed by atoms with van der Waals surface area (Å²) < 4.78 is 23.4. The average molecular weight is 395 g/mol. The van der Waals surface area contributed by atoms with E-state index in [0.717, 1.165) is 17.7 Å². The molecule has 0 saturated heterocycles. The van der Waals surface area contributed by atoms with E-state index in [4.69, 9.17) is 9.47 Å².